The number of hydrogen-bond acceptors (Lipinski definition) is 4. The molecule has 5 nitrogen and oxygen atoms in total. The Morgan fingerprint density at radius 3 is 2.64 bits per heavy atom. The van der Waals surface area contributed by atoms with Gasteiger partial charge in [0.1, 0.15) is 0 Å². The summed E-state index contributed by atoms with van der Waals surface area (Å²) >= 11 is 0. The van der Waals surface area contributed by atoms with Gasteiger partial charge in [-0.15, -0.1) is 0 Å². The lowest BCUT2D eigenvalue weighted by Crippen LogP contribution is -2.43. The zero-order chi connectivity index (χ0) is 17.6. The number of rotatable bonds is 8. The molecule has 0 unspecified atom stereocenters. The van der Waals surface area contributed by atoms with E-state index in [4.69, 9.17) is 0 Å². The van der Waals surface area contributed by atoms with Gasteiger partial charge in [0.15, 0.2) is 0 Å². The number of amides is 2. The summed E-state index contributed by atoms with van der Waals surface area (Å²) in [6, 6.07) is 11.8. The van der Waals surface area contributed by atoms with Gasteiger partial charge in [0, 0.05) is 19.6 Å². The highest BCUT2D eigenvalue weighted by molar-refractivity contribution is 6.16. The summed E-state index contributed by atoms with van der Waals surface area (Å²) in [7, 11) is 0. The maximum absolute atomic E-state index is 12.9. The maximum Gasteiger partial charge on any atom is 0.261 e. The van der Waals surface area contributed by atoms with Gasteiger partial charge in [-0.05, 0) is 35.6 Å². The van der Waals surface area contributed by atoms with Crippen molar-refractivity contribution in [3.05, 3.63) is 47.5 Å². The van der Waals surface area contributed by atoms with Crippen molar-refractivity contribution in [3.63, 3.8) is 0 Å². The Bertz CT molecular complexity index is 773. The summed E-state index contributed by atoms with van der Waals surface area (Å²) in [6.45, 7) is 4.36. The van der Waals surface area contributed by atoms with Gasteiger partial charge in [-0.25, -0.2) is 0 Å². The fourth-order valence-electron chi connectivity index (χ4n) is 3.23. The van der Waals surface area contributed by atoms with Crippen LogP contribution in [0.25, 0.3) is 10.8 Å². The number of hydrazine groups is 1. The number of nitrogens with zero attached hydrogens (tertiary/aromatic N) is 1. The second-order valence-electron chi connectivity index (χ2n) is 6.41. The number of carbonyl (C=O) groups is 2. The van der Waals surface area contributed by atoms with E-state index >= 15 is 0 Å². The Kier molecular flexibility index (Phi) is 5.79. The molecule has 0 aromatic heterocycles. The van der Waals surface area contributed by atoms with Gasteiger partial charge in [0.25, 0.3) is 5.91 Å². The molecule has 2 N–H and O–H groups in total. The molecule has 0 saturated carbocycles. The molecule has 0 saturated heterocycles. The Labute approximate surface area is 148 Å². The van der Waals surface area contributed by atoms with Crippen molar-refractivity contribution in [1.29, 1.82) is 0 Å². The monoisotopic (exact) mass is 339 g/mol. The minimum Gasteiger partial charge on any atom is -0.278 e. The van der Waals surface area contributed by atoms with Crippen LogP contribution in [0.5, 0.6) is 0 Å². The van der Waals surface area contributed by atoms with E-state index < -0.39 is 0 Å². The standard InChI is InChI=1S/C20H25N3O2/c1-2-11-21-22-12-5-6-13-23-18(24)14-16-10-9-15-7-3-4-8-17(15)19(16)20(23)25/h3-4,7-10,21-22H,2,5-6,11-14H2,1H3. The van der Waals surface area contributed by atoms with Crippen LogP contribution in [0.3, 0.4) is 0 Å². The Morgan fingerprint density at radius 2 is 1.80 bits per heavy atom. The molecular formula is C20H25N3O2. The van der Waals surface area contributed by atoms with E-state index in [9.17, 15) is 9.59 Å². The normalized spacial score (nSPS) is 14.2. The molecule has 0 radical (unpaired) electrons. The van der Waals surface area contributed by atoms with Crippen molar-refractivity contribution in [3.8, 4) is 0 Å². The molecule has 1 aliphatic rings. The summed E-state index contributed by atoms with van der Waals surface area (Å²) in [4.78, 5) is 26.7. The summed E-state index contributed by atoms with van der Waals surface area (Å²) in [5.74, 6) is -0.245. The smallest absolute Gasteiger partial charge is 0.261 e. The third-order valence-electron chi connectivity index (χ3n) is 4.55. The van der Waals surface area contributed by atoms with E-state index in [0.717, 1.165) is 48.7 Å². The van der Waals surface area contributed by atoms with Crippen molar-refractivity contribution in [1.82, 2.24) is 15.8 Å². The minimum atomic E-state index is -0.153. The van der Waals surface area contributed by atoms with Crippen LogP contribution >= 0.6 is 0 Å². The van der Waals surface area contributed by atoms with Gasteiger partial charge in [0.05, 0.1) is 12.0 Å². The average Bonchev–Trinajstić information content (AvgIpc) is 2.62. The number of fused-ring (bicyclic) bond motifs is 3. The third kappa shape index (κ3) is 3.89. The predicted octanol–water partition coefficient (Wildman–Crippen LogP) is 2.65. The molecule has 1 aliphatic heterocycles. The Morgan fingerprint density at radius 1 is 1.00 bits per heavy atom. The van der Waals surface area contributed by atoms with Crippen molar-refractivity contribution in [2.45, 2.75) is 32.6 Å². The lowest BCUT2D eigenvalue weighted by atomic mass is 9.92. The first-order valence-corrected chi connectivity index (χ1v) is 9.03. The highest BCUT2D eigenvalue weighted by Gasteiger charge is 2.31. The predicted molar refractivity (Wildman–Crippen MR) is 99.2 cm³/mol. The molecule has 2 aromatic carbocycles. The second kappa shape index (κ2) is 8.23. The van der Waals surface area contributed by atoms with Crippen molar-refractivity contribution >= 4 is 22.6 Å². The van der Waals surface area contributed by atoms with Crippen LogP contribution in [-0.4, -0.2) is 36.3 Å². The molecule has 132 valence electrons. The van der Waals surface area contributed by atoms with E-state index in [-0.39, 0.29) is 11.8 Å². The molecule has 3 rings (SSSR count). The Hall–Kier alpha value is -2.24. The van der Waals surface area contributed by atoms with E-state index in [1.54, 1.807) is 0 Å². The molecule has 25 heavy (non-hydrogen) atoms. The van der Waals surface area contributed by atoms with E-state index in [1.807, 2.05) is 36.4 Å². The van der Waals surface area contributed by atoms with Gasteiger partial charge >= 0.3 is 0 Å². The zero-order valence-electron chi connectivity index (χ0n) is 14.7. The fourth-order valence-corrected chi connectivity index (χ4v) is 3.23. The lowest BCUT2D eigenvalue weighted by molar-refractivity contribution is -0.128. The molecule has 0 fully saturated rings. The number of unbranched alkanes of at least 4 members (excludes halogenated alkanes) is 1. The van der Waals surface area contributed by atoms with Crippen LogP contribution < -0.4 is 10.9 Å². The first-order chi connectivity index (χ1) is 12.2. The molecule has 0 spiro atoms. The number of benzene rings is 2. The first kappa shape index (κ1) is 17.6. The van der Waals surface area contributed by atoms with Gasteiger partial charge < -0.3 is 0 Å². The average molecular weight is 339 g/mol. The van der Waals surface area contributed by atoms with Crippen LogP contribution in [0.1, 0.15) is 42.1 Å². The summed E-state index contributed by atoms with van der Waals surface area (Å²) in [5, 5.41) is 1.98. The topological polar surface area (TPSA) is 61.4 Å². The van der Waals surface area contributed by atoms with Crippen LogP contribution in [0.2, 0.25) is 0 Å². The highest BCUT2D eigenvalue weighted by atomic mass is 16.2. The van der Waals surface area contributed by atoms with Gasteiger partial charge in [-0.2, -0.15) is 0 Å². The fraction of sp³-hybridized carbons (Fsp3) is 0.400. The number of nitrogens with one attached hydrogen (secondary N) is 2. The van der Waals surface area contributed by atoms with Crippen LogP contribution in [0.4, 0.5) is 0 Å². The molecule has 5 heteroatoms. The maximum atomic E-state index is 12.9. The van der Waals surface area contributed by atoms with Crippen LogP contribution in [-0.2, 0) is 11.2 Å². The van der Waals surface area contributed by atoms with E-state index in [0.29, 0.717) is 18.5 Å². The molecule has 2 aromatic rings. The minimum absolute atomic E-state index is 0.0927. The van der Waals surface area contributed by atoms with Crippen LogP contribution in [0.15, 0.2) is 36.4 Å². The largest absolute Gasteiger partial charge is 0.278 e. The molecule has 0 bridgehead atoms. The SMILES string of the molecule is CCCNNCCCCN1C(=O)Cc2ccc3ccccc3c2C1=O. The van der Waals surface area contributed by atoms with Crippen LogP contribution in [0, 0.1) is 0 Å². The molecule has 0 atom stereocenters. The quantitative estimate of drug-likeness (QED) is 0.441. The number of hydrogen-bond donors (Lipinski definition) is 2. The second-order valence-corrected chi connectivity index (χ2v) is 6.41. The summed E-state index contributed by atoms with van der Waals surface area (Å²) in [6.07, 6.45) is 3.11. The van der Waals surface area contributed by atoms with Crippen molar-refractivity contribution < 1.29 is 9.59 Å². The van der Waals surface area contributed by atoms with Gasteiger partial charge in [-0.3, -0.25) is 25.3 Å². The number of carbonyl (C=O) groups excluding carboxylic acids is 2. The highest BCUT2D eigenvalue weighted by Crippen LogP contribution is 2.28. The van der Waals surface area contributed by atoms with Gasteiger partial charge in [-0.1, -0.05) is 43.3 Å². The van der Waals surface area contributed by atoms with E-state index in [2.05, 4.69) is 17.8 Å². The molecule has 1 heterocycles. The number of imide groups is 1. The van der Waals surface area contributed by atoms with Crippen molar-refractivity contribution in [2.75, 3.05) is 19.6 Å². The molecule has 2 amide bonds. The molecule has 0 aliphatic carbocycles. The Balaban J connectivity index is 1.66. The van der Waals surface area contributed by atoms with Crippen molar-refractivity contribution in [2.24, 2.45) is 0 Å². The zero-order valence-corrected chi connectivity index (χ0v) is 14.7. The lowest BCUT2D eigenvalue weighted by Gasteiger charge is -2.27. The first-order valence-electron chi connectivity index (χ1n) is 9.03. The van der Waals surface area contributed by atoms with Gasteiger partial charge in [0.2, 0.25) is 5.91 Å². The van der Waals surface area contributed by atoms with E-state index in [1.165, 1.54) is 4.90 Å². The third-order valence-corrected chi connectivity index (χ3v) is 4.55. The molecular weight excluding hydrogens is 314 g/mol. The summed E-state index contributed by atoms with van der Waals surface area (Å²) < 4.78 is 0. The summed E-state index contributed by atoms with van der Waals surface area (Å²) in [5.41, 5.74) is 7.81.